The third-order valence-electron chi connectivity index (χ3n) is 7.01. The molecule has 1 aliphatic rings. The molecule has 1 atom stereocenters. The van der Waals surface area contributed by atoms with E-state index >= 15 is 0 Å². The highest BCUT2D eigenvalue weighted by atomic mass is 32.2. The number of sulfonamides is 2. The molecule has 0 aliphatic carbocycles. The van der Waals surface area contributed by atoms with E-state index in [4.69, 9.17) is 0 Å². The van der Waals surface area contributed by atoms with Gasteiger partial charge in [0.15, 0.2) is 0 Å². The smallest absolute Gasteiger partial charge is 0.261 e. The molecule has 0 bridgehead atoms. The summed E-state index contributed by atoms with van der Waals surface area (Å²) < 4.78 is 55.8. The van der Waals surface area contributed by atoms with Gasteiger partial charge in [0.25, 0.3) is 10.0 Å². The van der Waals surface area contributed by atoms with Crippen LogP contribution in [0.15, 0.2) is 77.7 Å². The van der Waals surface area contributed by atoms with Gasteiger partial charge in [-0.05, 0) is 80.5 Å². The summed E-state index contributed by atoms with van der Waals surface area (Å²) in [7, 11) is -7.28. The van der Waals surface area contributed by atoms with Crippen molar-refractivity contribution in [1.82, 2.24) is 4.31 Å². The average Bonchev–Trinajstić information content (AvgIpc) is 2.92. The van der Waals surface area contributed by atoms with Crippen LogP contribution in [-0.4, -0.2) is 45.9 Å². The minimum absolute atomic E-state index is 0.0439. The Morgan fingerprint density at radius 3 is 2.23 bits per heavy atom. The zero-order valence-electron chi connectivity index (χ0n) is 22.3. The molecule has 8 nitrogen and oxygen atoms in total. The van der Waals surface area contributed by atoms with E-state index in [0.29, 0.717) is 43.6 Å². The normalized spacial score (nSPS) is 16.5. The van der Waals surface area contributed by atoms with E-state index in [0.717, 1.165) is 16.7 Å². The molecule has 1 heterocycles. The van der Waals surface area contributed by atoms with Crippen LogP contribution >= 0.6 is 0 Å². The highest BCUT2D eigenvalue weighted by molar-refractivity contribution is 7.92. The van der Waals surface area contributed by atoms with Crippen molar-refractivity contribution in [2.45, 2.75) is 44.4 Å². The summed E-state index contributed by atoms with van der Waals surface area (Å²) in [5.41, 5.74) is 3.74. The van der Waals surface area contributed by atoms with Gasteiger partial charge in [-0.2, -0.15) is 0 Å². The number of nitrogens with one attached hydrogen (secondary N) is 2. The first-order chi connectivity index (χ1) is 18.5. The first kappa shape index (κ1) is 28.8. The largest absolute Gasteiger partial charge is 0.326 e. The fourth-order valence-electron chi connectivity index (χ4n) is 4.77. The lowest BCUT2D eigenvalue weighted by Crippen LogP contribution is -2.44. The van der Waals surface area contributed by atoms with Crippen LogP contribution in [0.25, 0.3) is 0 Å². The minimum Gasteiger partial charge on any atom is -0.326 e. The van der Waals surface area contributed by atoms with Gasteiger partial charge in [0, 0.05) is 18.8 Å². The van der Waals surface area contributed by atoms with E-state index in [1.165, 1.54) is 28.6 Å². The van der Waals surface area contributed by atoms with Gasteiger partial charge in [0.05, 0.1) is 22.3 Å². The number of carbonyl (C=O) groups excluding carboxylic acids is 1. The minimum atomic E-state index is -3.81. The zero-order valence-corrected chi connectivity index (χ0v) is 23.9. The van der Waals surface area contributed by atoms with Crippen molar-refractivity contribution in [1.29, 1.82) is 0 Å². The number of carbonyl (C=O) groups is 1. The van der Waals surface area contributed by atoms with Gasteiger partial charge < -0.3 is 5.32 Å². The molecule has 1 saturated heterocycles. The second-order valence-corrected chi connectivity index (χ2v) is 13.8. The van der Waals surface area contributed by atoms with Crippen LogP contribution in [-0.2, 0) is 31.3 Å². The Bertz CT molecular complexity index is 1490. The van der Waals surface area contributed by atoms with Crippen molar-refractivity contribution < 1.29 is 21.6 Å². The number of hydrogen-bond donors (Lipinski definition) is 2. The third kappa shape index (κ3) is 7.46. The number of aryl methyl sites for hydroxylation is 3. The molecule has 0 radical (unpaired) electrons. The highest BCUT2D eigenvalue weighted by Crippen LogP contribution is 2.25. The van der Waals surface area contributed by atoms with Gasteiger partial charge in [-0.15, -0.1) is 0 Å². The van der Waals surface area contributed by atoms with E-state index < -0.39 is 26.0 Å². The van der Waals surface area contributed by atoms with Crippen molar-refractivity contribution >= 4 is 37.3 Å². The Morgan fingerprint density at radius 1 is 0.897 bits per heavy atom. The summed E-state index contributed by atoms with van der Waals surface area (Å²) in [6.45, 7) is 4.24. The van der Waals surface area contributed by atoms with Crippen LogP contribution in [0.2, 0.25) is 0 Å². The van der Waals surface area contributed by atoms with Crippen LogP contribution in [0.1, 0.15) is 36.0 Å². The molecular weight excluding hydrogens is 534 g/mol. The fraction of sp³-hybridized carbons (Fsp3) is 0.345. The molecule has 1 fully saturated rings. The monoisotopic (exact) mass is 569 g/mol. The summed E-state index contributed by atoms with van der Waals surface area (Å²) in [6.07, 6.45) is 2.40. The Balaban J connectivity index is 1.34. The number of piperidine rings is 1. The summed E-state index contributed by atoms with van der Waals surface area (Å²) in [5, 5.41) is 2.82. The molecule has 4 rings (SSSR count). The standard InChI is InChI=1S/C29H35N3O5S2/c1-22-9-6-10-23(2)28(22)31-39(36,37)27-17-15-26(16-18-27)30-29(33)25-14-7-19-32(21-25)38(34,35)20-8-13-24-11-4-3-5-12-24/h3-6,9-12,15-18,25,31H,7-8,13-14,19-21H2,1-2H3,(H,30,33). The summed E-state index contributed by atoms with van der Waals surface area (Å²) in [5.74, 6) is -0.706. The zero-order chi connectivity index (χ0) is 28.0. The molecule has 1 amide bonds. The van der Waals surface area contributed by atoms with Gasteiger partial charge in [0.1, 0.15) is 0 Å². The lowest BCUT2D eigenvalue weighted by molar-refractivity contribution is -0.120. The summed E-state index contributed by atoms with van der Waals surface area (Å²) >= 11 is 0. The number of para-hydroxylation sites is 1. The first-order valence-electron chi connectivity index (χ1n) is 13.1. The number of nitrogens with zero attached hydrogens (tertiary/aromatic N) is 1. The Labute approximate surface area is 231 Å². The topological polar surface area (TPSA) is 113 Å². The van der Waals surface area contributed by atoms with Crippen molar-refractivity contribution in [3.8, 4) is 0 Å². The number of anilines is 2. The maximum absolute atomic E-state index is 13.0. The van der Waals surface area contributed by atoms with Gasteiger partial charge in [-0.3, -0.25) is 9.52 Å². The molecule has 39 heavy (non-hydrogen) atoms. The van der Waals surface area contributed by atoms with Gasteiger partial charge >= 0.3 is 0 Å². The molecule has 10 heteroatoms. The molecule has 2 N–H and O–H groups in total. The summed E-state index contributed by atoms with van der Waals surface area (Å²) in [6, 6.07) is 21.3. The first-order valence-corrected chi connectivity index (χ1v) is 16.2. The third-order valence-corrected chi connectivity index (χ3v) is 10.3. The summed E-state index contributed by atoms with van der Waals surface area (Å²) in [4.78, 5) is 13.1. The molecule has 3 aromatic rings. The van der Waals surface area contributed by atoms with Crippen LogP contribution in [0.3, 0.4) is 0 Å². The Morgan fingerprint density at radius 2 is 1.56 bits per heavy atom. The molecule has 0 aromatic heterocycles. The van der Waals surface area contributed by atoms with Crippen LogP contribution < -0.4 is 10.0 Å². The van der Waals surface area contributed by atoms with Crippen LogP contribution in [0.5, 0.6) is 0 Å². The second kappa shape index (κ2) is 12.3. The van der Waals surface area contributed by atoms with Gasteiger partial charge in [-0.1, -0.05) is 48.5 Å². The van der Waals surface area contributed by atoms with E-state index in [1.54, 1.807) is 0 Å². The van der Waals surface area contributed by atoms with Crippen molar-refractivity contribution in [3.63, 3.8) is 0 Å². The van der Waals surface area contributed by atoms with E-state index in [1.807, 2.05) is 62.4 Å². The lowest BCUT2D eigenvalue weighted by Gasteiger charge is -2.31. The number of benzene rings is 3. The maximum Gasteiger partial charge on any atom is 0.261 e. The molecule has 208 valence electrons. The van der Waals surface area contributed by atoms with Crippen LogP contribution in [0, 0.1) is 19.8 Å². The second-order valence-electron chi connectivity index (χ2n) is 9.99. The van der Waals surface area contributed by atoms with Crippen molar-refractivity contribution in [2.75, 3.05) is 28.9 Å². The van der Waals surface area contributed by atoms with Gasteiger partial charge in [0.2, 0.25) is 15.9 Å². The number of amides is 1. The predicted molar refractivity (Wildman–Crippen MR) is 155 cm³/mol. The highest BCUT2D eigenvalue weighted by Gasteiger charge is 2.32. The van der Waals surface area contributed by atoms with Crippen LogP contribution in [0.4, 0.5) is 11.4 Å². The van der Waals surface area contributed by atoms with E-state index in [9.17, 15) is 21.6 Å². The molecular formula is C29H35N3O5S2. The quantitative estimate of drug-likeness (QED) is 0.367. The SMILES string of the molecule is Cc1cccc(C)c1NS(=O)(=O)c1ccc(NC(=O)C2CCCN(S(=O)(=O)CCCc3ccccc3)C2)cc1. The van der Waals surface area contributed by atoms with Crippen molar-refractivity contribution in [3.05, 3.63) is 89.5 Å². The lowest BCUT2D eigenvalue weighted by atomic mass is 9.99. The van der Waals surface area contributed by atoms with Gasteiger partial charge in [-0.25, -0.2) is 21.1 Å². The molecule has 3 aromatic carbocycles. The Hall–Kier alpha value is -3.21. The Kier molecular flexibility index (Phi) is 9.09. The fourth-order valence-corrected chi connectivity index (χ4v) is 7.56. The van der Waals surface area contributed by atoms with E-state index in [2.05, 4.69) is 10.0 Å². The maximum atomic E-state index is 13.0. The molecule has 1 unspecified atom stereocenters. The number of rotatable bonds is 10. The molecule has 0 saturated carbocycles. The number of hydrogen-bond acceptors (Lipinski definition) is 5. The molecule has 0 spiro atoms. The predicted octanol–water partition coefficient (Wildman–Crippen LogP) is 4.72. The molecule has 1 aliphatic heterocycles. The van der Waals surface area contributed by atoms with E-state index in [-0.39, 0.29) is 23.1 Å². The van der Waals surface area contributed by atoms with Crippen molar-refractivity contribution in [2.24, 2.45) is 5.92 Å². The average molecular weight is 570 g/mol.